The Hall–Kier alpha value is -1.55. The molecule has 104 valence electrons. The molecule has 1 atom stereocenters. The molecule has 1 unspecified atom stereocenters. The number of aromatic nitrogens is 3. The first kappa shape index (κ1) is 13.9. The fourth-order valence-corrected chi connectivity index (χ4v) is 2.22. The Morgan fingerprint density at radius 2 is 2.21 bits per heavy atom. The van der Waals surface area contributed by atoms with E-state index < -0.39 is 0 Å². The summed E-state index contributed by atoms with van der Waals surface area (Å²) >= 11 is 0. The summed E-state index contributed by atoms with van der Waals surface area (Å²) in [5.74, 6) is 0. The van der Waals surface area contributed by atoms with Crippen molar-refractivity contribution >= 4 is 0 Å². The summed E-state index contributed by atoms with van der Waals surface area (Å²) in [6.07, 6.45) is 8.44. The quantitative estimate of drug-likeness (QED) is 0.830. The zero-order valence-corrected chi connectivity index (χ0v) is 12.1. The van der Waals surface area contributed by atoms with Gasteiger partial charge in [0.05, 0.1) is 0 Å². The second-order valence-electron chi connectivity index (χ2n) is 5.05. The molecule has 0 amide bonds. The third-order valence-electron chi connectivity index (χ3n) is 3.52. The fourth-order valence-electron chi connectivity index (χ4n) is 2.22. The van der Waals surface area contributed by atoms with Crippen LogP contribution < -0.4 is 5.32 Å². The molecule has 0 aliphatic rings. The summed E-state index contributed by atoms with van der Waals surface area (Å²) in [6, 6.07) is 4.71. The molecule has 0 aromatic carbocycles. The second kappa shape index (κ2) is 6.57. The summed E-state index contributed by atoms with van der Waals surface area (Å²) in [5, 5.41) is 7.71. The number of hydrogen-bond acceptors (Lipinski definition) is 2. The van der Waals surface area contributed by atoms with Crippen molar-refractivity contribution in [3.05, 3.63) is 42.0 Å². The van der Waals surface area contributed by atoms with Gasteiger partial charge < -0.3 is 9.88 Å². The van der Waals surface area contributed by atoms with E-state index in [0.717, 1.165) is 19.5 Å². The van der Waals surface area contributed by atoms with Gasteiger partial charge in [-0.3, -0.25) is 4.68 Å². The van der Waals surface area contributed by atoms with Gasteiger partial charge >= 0.3 is 0 Å². The molecular formula is C15H24N4. The number of hydrogen-bond donors (Lipinski definition) is 1. The van der Waals surface area contributed by atoms with Crippen LogP contribution in [0, 0.1) is 0 Å². The lowest BCUT2D eigenvalue weighted by molar-refractivity contribution is 0.567. The van der Waals surface area contributed by atoms with Crippen LogP contribution in [0.1, 0.15) is 37.6 Å². The molecule has 4 nitrogen and oxygen atoms in total. The molecule has 0 fully saturated rings. The third kappa shape index (κ3) is 3.70. The van der Waals surface area contributed by atoms with Gasteiger partial charge in [0.1, 0.15) is 0 Å². The van der Waals surface area contributed by atoms with Gasteiger partial charge in [0.15, 0.2) is 0 Å². The van der Waals surface area contributed by atoms with Crippen molar-refractivity contribution in [3.8, 4) is 0 Å². The van der Waals surface area contributed by atoms with Gasteiger partial charge in [0.2, 0.25) is 0 Å². The number of aryl methyl sites for hydroxylation is 3. The van der Waals surface area contributed by atoms with Crippen molar-refractivity contribution < 1.29 is 0 Å². The lowest BCUT2D eigenvalue weighted by Gasteiger charge is -2.11. The molecule has 1 N–H and O–H groups in total. The van der Waals surface area contributed by atoms with Crippen LogP contribution >= 0.6 is 0 Å². The highest BCUT2D eigenvalue weighted by Gasteiger charge is 2.06. The van der Waals surface area contributed by atoms with Crippen molar-refractivity contribution in [3.63, 3.8) is 0 Å². The molecule has 0 aliphatic carbocycles. The molecule has 19 heavy (non-hydrogen) atoms. The van der Waals surface area contributed by atoms with E-state index in [-0.39, 0.29) is 0 Å². The molecule has 0 bridgehead atoms. The van der Waals surface area contributed by atoms with Gasteiger partial charge in [-0.05, 0) is 37.6 Å². The summed E-state index contributed by atoms with van der Waals surface area (Å²) in [7, 11) is 1.99. The minimum absolute atomic E-state index is 0.429. The van der Waals surface area contributed by atoms with Gasteiger partial charge in [0, 0.05) is 50.3 Å². The van der Waals surface area contributed by atoms with Crippen molar-refractivity contribution in [1.29, 1.82) is 0 Å². The Bertz CT molecular complexity index is 498. The van der Waals surface area contributed by atoms with E-state index in [4.69, 9.17) is 0 Å². The molecule has 2 aromatic rings. The average molecular weight is 260 g/mol. The minimum Gasteiger partial charge on any atom is -0.354 e. The Kier molecular flexibility index (Phi) is 4.80. The maximum absolute atomic E-state index is 4.19. The van der Waals surface area contributed by atoms with Crippen LogP contribution in [-0.4, -0.2) is 20.9 Å². The number of nitrogens with one attached hydrogen (secondary N) is 1. The first-order chi connectivity index (χ1) is 9.20. The van der Waals surface area contributed by atoms with E-state index in [1.165, 1.54) is 17.7 Å². The maximum Gasteiger partial charge on any atom is 0.0492 e. The number of nitrogens with zero attached hydrogens (tertiary/aromatic N) is 3. The van der Waals surface area contributed by atoms with Gasteiger partial charge in [-0.2, -0.15) is 5.10 Å². The third-order valence-corrected chi connectivity index (χ3v) is 3.52. The SMILES string of the molecule is CCCNC(C)c1ccn(CCc2ccnn2C)c1. The van der Waals surface area contributed by atoms with Gasteiger partial charge in [-0.25, -0.2) is 0 Å². The van der Waals surface area contributed by atoms with Crippen LogP contribution in [0.4, 0.5) is 0 Å². The lowest BCUT2D eigenvalue weighted by Crippen LogP contribution is -2.18. The first-order valence-corrected chi connectivity index (χ1v) is 7.06. The van der Waals surface area contributed by atoms with Crippen LogP contribution in [0.2, 0.25) is 0 Å². The zero-order chi connectivity index (χ0) is 13.7. The Morgan fingerprint density at radius 3 is 2.89 bits per heavy atom. The summed E-state index contributed by atoms with van der Waals surface area (Å²) < 4.78 is 4.20. The van der Waals surface area contributed by atoms with E-state index in [9.17, 15) is 0 Å². The van der Waals surface area contributed by atoms with E-state index >= 15 is 0 Å². The topological polar surface area (TPSA) is 34.8 Å². The lowest BCUT2D eigenvalue weighted by atomic mass is 10.2. The molecule has 0 aliphatic heterocycles. The normalized spacial score (nSPS) is 12.8. The van der Waals surface area contributed by atoms with Crippen LogP contribution in [0.15, 0.2) is 30.7 Å². The molecule has 0 saturated heterocycles. The largest absolute Gasteiger partial charge is 0.354 e. The van der Waals surface area contributed by atoms with Crippen LogP contribution in [0.3, 0.4) is 0 Å². The van der Waals surface area contributed by atoms with Gasteiger partial charge in [-0.15, -0.1) is 0 Å². The summed E-state index contributed by atoms with van der Waals surface area (Å²) in [5.41, 5.74) is 2.63. The predicted octanol–water partition coefficient (Wildman–Crippen LogP) is 2.52. The Morgan fingerprint density at radius 1 is 1.37 bits per heavy atom. The first-order valence-electron chi connectivity index (χ1n) is 7.06. The monoisotopic (exact) mass is 260 g/mol. The highest BCUT2D eigenvalue weighted by Crippen LogP contribution is 2.13. The van der Waals surface area contributed by atoms with Crippen LogP contribution in [-0.2, 0) is 20.0 Å². The smallest absolute Gasteiger partial charge is 0.0492 e. The maximum atomic E-state index is 4.19. The van der Waals surface area contributed by atoms with E-state index in [2.05, 4.69) is 53.4 Å². The zero-order valence-electron chi connectivity index (χ0n) is 12.1. The summed E-state index contributed by atoms with van der Waals surface area (Å²) in [4.78, 5) is 0. The van der Waals surface area contributed by atoms with Crippen molar-refractivity contribution in [1.82, 2.24) is 19.7 Å². The average Bonchev–Trinajstić information content (AvgIpc) is 3.02. The highest BCUT2D eigenvalue weighted by molar-refractivity contribution is 5.14. The van der Waals surface area contributed by atoms with Crippen LogP contribution in [0.5, 0.6) is 0 Å². The molecule has 0 radical (unpaired) electrons. The van der Waals surface area contributed by atoms with Crippen molar-refractivity contribution in [2.75, 3.05) is 6.54 Å². The minimum atomic E-state index is 0.429. The molecule has 2 rings (SSSR count). The molecule has 2 aromatic heterocycles. The molecule has 0 saturated carbocycles. The fraction of sp³-hybridized carbons (Fsp3) is 0.533. The second-order valence-corrected chi connectivity index (χ2v) is 5.05. The van der Waals surface area contributed by atoms with Gasteiger partial charge in [0.25, 0.3) is 0 Å². The highest BCUT2D eigenvalue weighted by atomic mass is 15.3. The van der Waals surface area contributed by atoms with Crippen molar-refractivity contribution in [2.45, 2.75) is 39.3 Å². The van der Waals surface area contributed by atoms with E-state index in [1.54, 1.807) is 0 Å². The molecule has 2 heterocycles. The standard InChI is InChI=1S/C15H24N4/c1-4-8-16-13(2)14-6-10-19(12-14)11-7-15-5-9-17-18(15)3/h5-6,9-10,12-13,16H,4,7-8,11H2,1-3H3. The van der Waals surface area contributed by atoms with E-state index in [0.29, 0.717) is 6.04 Å². The summed E-state index contributed by atoms with van der Waals surface area (Å²) in [6.45, 7) is 6.48. The van der Waals surface area contributed by atoms with Crippen LogP contribution in [0.25, 0.3) is 0 Å². The Labute approximate surface area is 115 Å². The molecule has 4 heteroatoms. The van der Waals surface area contributed by atoms with Gasteiger partial charge in [-0.1, -0.05) is 6.92 Å². The predicted molar refractivity (Wildman–Crippen MR) is 78.1 cm³/mol. The van der Waals surface area contributed by atoms with Crippen molar-refractivity contribution in [2.24, 2.45) is 7.05 Å². The Balaban J connectivity index is 1.88. The van der Waals surface area contributed by atoms with E-state index in [1.807, 2.05) is 17.9 Å². The molecule has 0 spiro atoms. The molecular weight excluding hydrogens is 236 g/mol. The number of rotatable bonds is 7.